The van der Waals surface area contributed by atoms with E-state index >= 15 is 0 Å². The summed E-state index contributed by atoms with van der Waals surface area (Å²) in [7, 11) is 0. The van der Waals surface area contributed by atoms with Gasteiger partial charge in [-0.3, -0.25) is 4.79 Å². The lowest BCUT2D eigenvalue weighted by Crippen LogP contribution is -2.40. The molecule has 2 unspecified atom stereocenters. The number of hydrogen-bond acceptors (Lipinski definition) is 2. The van der Waals surface area contributed by atoms with E-state index in [1.54, 1.807) is 6.92 Å². The molecule has 0 radical (unpaired) electrons. The number of aliphatic carboxylic acids is 1. The van der Waals surface area contributed by atoms with E-state index in [4.69, 9.17) is 5.11 Å². The van der Waals surface area contributed by atoms with Crippen molar-refractivity contribution >= 4 is 12.0 Å². The fourth-order valence-electron chi connectivity index (χ4n) is 2.57. The van der Waals surface area contributed by atoms with Gasteiger partial charge in [0.15, 0.2) is 0 Å². The van der Waals surface area contributed by atoms with Gasteiger partial charge in [0.05, 0.1) is 12.0 Å². The SMILES string of the molecule is CCC(NC(=O)N1CCC(C(=O)O)C1)c1ccc(F)cc1F. The first-order chi connectivity index (χ1) is 10.4. The van der Waals surface area contributed by atoms with Crippen LogP contribution >= 0.6 is 0 Å². The molecule has 2 amide bonds. The maximum atomic E-state index is 13.8. The minimum absolute atomic E-state index is 0.142. The lowest BCUT2D eigenvalue weighted by atomic mass is 10.0. The molecule has 1 aliphatic heterocycles. The summed E-state index contributed by atoms with van der Waals surface area (Å²) < 4.78 is 26.8. The number of carbonyl (C=O) groups excluding carboxylic acids is 1. The van der Waals surface area contributed by atoms with Crippen molar-refractivity contribution < 1.29 is 23.5 Å². The first-order valence-electron chi connectivity index (χ1n) is 7.15. The third kappa shape index (κ3) is 3.52. The lowest BCUT2D eigenvalue weighted by molar-refractivity contribution is -0.141. The van der Waals surface area contributed by atoms with Crippen molar-refractivity contribution in [1.29, 1.82) is 0 Å². The molecule has 0 aliphatic carbocycles. The molecule has 0 bridgehead atoms. The molecule has 5 nitrogen and oxygen atoms in total. The molecule has 7 heteroatoms. The molecule has 2 atom stereocenters. The fourth-order valence-corrected chi connectivity index (χ4v) is 2.57. The van der Waals surface area contributed by atoms with E-state index in [0.717, 1.165) is 12.1 Å². The number of hydrogen-bond donors (Lipinski definition) is 2. The molecule has 1 aromatic carbocycles. The molecule has 1 aromatic rings. The first kappa shape index (κ1) is 16.2. The Morgan fingerprint density at radius 2 is 2.18 bits per heavy atom. The zero-order valence-corrected chi connectivity index (χ0v) is 12.2. The average molecular weight is 312 g/mol. The Morgan fingerprint density at radius 1 is 1.45 bits per heavy atom. The van der Waals surface area contributed by atoms with Crippen LogP contribution in [0.1, 0.15) is 31.4 Å². The van der Waals surface area contributed by atoms with Crippen molar-refractivity contribution in [2.24, 2.45) is 5.92 Å². The van der Waals surface area contributed by atoms with Gasteiger partial charge in [-0.05, 0) is 18.9 Å². The highest BCUT2D eigenvalue weighted by atomic mass is 19.1. The number of carboxylic acids is 1. The summed E-state index contributed by atoms with van der Waals surface area (Å²) in [6, 6.07) is 2.21. The fraction of sp³-hybridized carbons (Fsp3) is 0.467. The van der Waals surface area contributed by atoms with Crippen LogP contribution in [0.15, 0.2) is 18.2 Å². The second-order valence-electron chi connectivity index (χ2n) is 5.35. The molecule has 1 heterocycles. The van der Waals surface area contributed by atoms with Crippen molar-refractivity contribution in [3.05, 3.63) is 35.4 Å². The van der Waals surface area contributed by atoms with Crippen molar-refractivity contribution in [2.45, 2.75) is 25.8 Å². The number of likely N-dealkylation sites (tertiary alicyclic amines) is 1. The summed E-state index contributed by atoms with van der Waals surface area (Å²) in [4.78, 5) is 24.5. The van der Waals surface area contributed by atoms with Crippen LogP contribution in [-0.2, 0) is 4.79 Å². The molecule has 120 valence electrons. The molecule has 0 aromatic heterocycles. The number of benzene rings is 1. The Balaban J connectivity index is 2.04. The number of urea groups is 1. The van der Waals surface area contributed by atoms with Gasteiger partial charge in [0.1, 0.15) is 11.6 Å². The van der Waals surface area contributed by atoms with Crippen molar-refractivity contribution in [2.75, 3.05) is 13.1 Å². The highest BCUT2D eigenvalue weighted by Gasteiger charge is 2.31. The second kappa shape index (κ2) is 6.72. The Kier molecular flexibility index (Phi) is 4.95. The zero-order valence-electron chi connectivity index (χ0n) is 12.2. The third-order valence-corrected chi connectivity index (χ3v) is 3.87. The Morgan fingerprint density at radius 3 is 2.73 bits per heavy atom. The van der Waals surface area contributed by atoms with Crippen LogP contribution in [0.25, 0.3) is 0 Å². The van der Waals surface area contributed by atoms with E-state index in [0.29, 0.717) is 19.4 Å². The van der Waals surface area contributed by atoms with Gasteiger partial charge in [-0.15, -0.1) is 0 Å². The van der Waals surface area contributed by atoms with Gasteiger partial charge in [0.25, 0.3) is 0 Å². The normalized spacial score (nSPS) is 19.0. The number of amides is 2. The standard InChI is InChI=1S/C15H18F2N2O3/c1-2-13(11-4-3-10(16)7-12(11)17)18-15(22)19-6-5-9(8-19)14(20)21/h3-4,7,9,13H,2,5-6,8H2,1H3,(H,18,22)(H,20,21). The number of halogens is 2. The summed E-state index contributed by atoms with van der Waals surface area (Å²) >= 11 is 0. The van der Waals surface area contributed by atoms with E-state index in [2.05, 4.69) is 5.32 Å². The van der Waals surface area contributed by atoms with Gasteiger partial charge in [-0.2, -0.15) is 0 Å². The number of carboxylic acid groups (broad SMARTS) is 1. The largest absolute Gasteiger partial charge is 0.481 e. The number of rotatable bonds is 4. The predicted octanol–water partition coefficient (Wildman–Crippen LogP) is 2.53. The van der Waals surface area contributed by atoms with Crippen LogP contribution in [0.3, 0.4) is 0 Å². The zero-order chi connectivity index (χ0) is 16.3. The highest BCUT2D eigenvalue weighted by Crippen LogP contribution is 2.22. The summed E-state index contributed by atoms with van der Waals surface area (Å²) in [5.74, 6) is -2.87. The van der Waals surface area contributed by atoms with E-state index in [-0.39, 0.29) is 12.1 Å². The van der Waals surface area contributed by atoms with Gasteiger partial charge >= 0.3 is 12.0 Å². The van der Waals surface area contributed by atoms with Crippen LogP contribution in [0.2, 0.25) is 0 Å². The lowest BCUT2D eigenvalue weighted by Gasteiger charge is -2.23. The van der Waals surface area contributed by atoms with Crippen molar-refractivity contribution in [3.63, 3.8) is 0 Å². The van der Waals surface area contributed by atoms with Crippen LogP contribution in [0.5, 0.6) is 0 Å². The van der Waals surface area contributed by atoms with Gasteiger partial charge in [-0.1, -0.05) is 13.0 Å². The summed E-state index contributed by atoms with van der Waals surface area (Å²) in [5.41, 5.74) is 0.214. The Hall–Kier alpha value is -2.18. The topological polar surface area (TPSA) is 69.6 Å². The maximum Gasteiger partial charge on any atom is 0.317 e. The summed E-state index contributed by atoms with van der Waals surface area (Å²) in [6.07, 6.45) is 0.842. The Labute approximate surface area is 126 Å². The van der Waals surface area contributed by atoms with Gasteiger partial charge in [-0.25, -0.2) is 13.6 Å². The van der Waals surface area contributed by atoms with E-state index < -0.39 is 35.6 Å². The monoisotopic (exact) mass is 312 g/mol. The van der Waals surface area contributed by atoms with Crippen molar-refractivity contribution in [3.8, 4) is 0 Å². The molecule has 2 rings (SSSR count). The Bertz CT molecular complexity index is 580. The van der Waals surface area contributed by atoms with E-state index in [9.17, 15) is 18.4 Å². The van der Waals surface area contributed by atoms with Gasteiger partial charge < -0.3 is 15.3 Å². The second-order valence-corrected chi connectivity index (χ2v) is 5.35. The summed E-state index contributed by atoms with van der Waals surface area (Å²) in [5, 5.41) is 11.6. The molecule has 0 saturated carbocycles. The molecule has 1 saturated heterocycles. The number of nitrogens with zero attached hydrogens (tertiary/aromatic N) is 1. The smallest absolute Gasteiger partial charge is 0.317 e. The highest BCUT2D eigenvalue weighted by molar-refractivity contribution is 5.77. The van der Waals surface area contributed by atoms with E-state index in [1.807, 2.05) is 0 Å². The number of carbonyl (C=O) groups is 2. The maximum absolute atomic E-state index is 13.8. The third-order valence-electron chi connectivity index (χ3n) is 3.87. The van der Waals surface area contributed by atoms with Crippen LogP contribution in [-0.4, -0.2) is 35.1 Å². The van der Waals surface area contributed by atoms with Gasteiger partial charge in [0, 0.05) is 24.7 Å². The quantitative estimate of drug-likeness (QED) is 0.897. The van der Waals surface area contributed by atoms with E-state index in [1.165, 1.54) is 11.0 Å². The molecule has 1 fully saturated rings. The van der Waals surface area contributed by atoms with Gasteiger partial charge in [0.2, 0.25) is 0 Å². The molecule has 1 aliphatic rings. The molecular weight excluding hydrogens is 294 g/mol. The summed E-state index contributed by atoms with van der Waals surface area (Å²) in [6.45, 7) is 2.27. The number of nitrogens with one attached hydrogen (secondary N) is 1. The predicted molar refractivity (Wildman–Crippen MR) is 75.2 cm³/mol. The molecular formula is C15H18F2N2O3. The van der Waals surface area contributed by atoms with Crippen LogP contribution < -0.4 is 5.32 Å². The average Bonchev–Trinajstić information content (AvgIpc) is 2.95. The molecule has 22 heavy (non-hydrogen) atoms. The van der Waals surface area contributed by atoms with Crippen LogP contribution in [0.4, 0.5) is 13.6 Å². The minimum atomic E-state index is -0.924. The first-order valence-corrected chi connectivity index (χ1v) is 7.15. The van der Waals surface area contributed by atoms with Crippen LogP contribution in [0, 0.1) is 17.6 Å². The van der Waals surface area contributed by atoms with Crippen molar-refractivity contribution in [1.82, 2.24) is 10.2 Å². The molecule has 0 spiro atoms. The minimum Gasteiger partial charge on any atom is -0.481 e. The molecule has 2 N–H and O–H groups in total.